The van der Waals surface area contributed by atoms with Gasteiger partial charge in [-0.3, -0.25) is 0 Å². The van der Waals surface area contributed by atoms with Crippen LogP contribution in [0.1, 0.15) is 31.9 Å². The van der Waals surface area contributed by atoms with Crippen LogP contribution in [0.3, 0.4) is 0 Å². The molecule has 0 aliphatic heterocycles. The number of halogens is 3. The molecule has 0 aliphatic rings. The number of nitrogens with two attached hydrogens (primary N) is 1. The molecule has 0 fully saturated rings. The van der Waals surface area contributed by atoms with Crippen molar-refractivity contribution in [2.75, 3.05) is 0 Å². The highest BCUT2D eigenvalue weighted by atomic mass is 35.5. The lowest BCUT2D eigenvalue weighted by Crippen LogP contribution is -2.20. The predicted octanol–water partition coefficient (Wildman–Crippen LogP) is 3.43. The smallest absolute Gasteiger partial charge is 0.163 e. The van der Waals surface area contributed by atoms with Crippen LogP contribution >= 0.6 is 12.4 Å². The highest BCUT2D eigenvalue weighted by molar-refractivity contribution is 5.85. The third kappa shape index (κ3) is 3.14. The first-order valence-corrected chi connectivity index (χ1v) is 4.77. The van der Waals surface area contributed by atoms with E-state index in [9.17, 15) is 8.78 Å². The van der Waals surface area contributed by atoms with Crippen molar-refractivity contribution in [1.29, 1.82) is 0 Å². The van der Waals surface area contributed by atoms with Gasteiger partial charge in [-0.25, -0.2) is 8.78 Å². The Bertz CT molecular complexity index is 317. The average Bonchev–Trinajstić information content (AvgIpc) is 2.20. The van der Waals surface area contributed by atoms with E-state index in [2.05, 4.69) is 0 Å². The summed E-state index contributed by atoms with van der Waals surface area (Å²) in [4.78, 5) is 0. The summed E-state index contributed by atoms with van der Waals surface area (Å²) in [5.41, 5.74) is 6.08. The minimum Gasteiger partial charge on any atom is -0.324 e. The molecule has 1 unspecified atom stereocenters. The van der Waals surface area contributed by atoms with Crippen molar-refractivity contribution in [3.8, 4) is 0 Å². The molecule has 1 aromatic rings. The standard InChI is InChI=1S/C11H15F2N.ClH/c1-3-7(2)11(14)8-5-4-6-9(12)10(8)13;/h4-7,11H,3,14H2,1-2H3;1H/t7?,11-;/m0./s1. The maximum atomic E-state index is 13.3. The summed E-state index contributed by atoms with van der Waals surface area (Å²) >= 11 is 0. The quantitative estimate of drug-likeness (QED) is 0.854. The van der Waals surface area contributed by atoms with Crippen molar-refractivity contribution in [3.05, 3.63) is 35.4 Å². The van der Waals surface area contributed by atoms with Crippen LogP contribution in [-0.2, 0) is 0 Å². The van der Waals surface area contributed by atoms with Gasteiger partial charge in [-0.2, -0.15) is 0 Å². The molecule has 0 heterocycles. The van der Waals surface area contributed by atoms with Gasteiger partial charge in [-0.05, 0) is 12.0 Å². The Hall–Kier alpha value is -0.670. The van der Waals surface area contributed by atoms with Gasteiger partial charge < -0.3 is 5.73 Å². The fourth-order valence-corrected chi connectivity index (χ4v) is 1.34. The van der Waals surface area contributed by atoms with E-state index in [1.807, 2.05) is 13.8 Å². The molecule has 0 saturated heterocycles. The summed E-state index contributed by atoms with van der Waals surface area (Å²) in [7, 11) is 0. The van der Waals surface area contributed by atoms with Gasteiger partial charge >= 0.3 is 0 Å². The molecule has 0 amide bonds. The van der Waals surface area contributed by atoms with Crippen LogP contribution in [0, 0.1) is 17.6 Å². The summed E-state index contributed by atoms with van der Waals surface area (Å²) < 4.78 is 26.2. The Morgan fingerprint density at radius 3 is 2.47 bits per heavy atom. The number of rotatable bonds is 3. The van der Waals surface area contributed by atoms with Crippen molar-refractivity contribution in [1.82, 2.24) is 0 Å². The average molecular weight is 236 g/mol. The molecule has 0 aromatic heterocycles. The molecule has 1 nitrogen and oxygen atoms in total. The van der Waals surface area contributed by atoms with E-state index < -0.39 is 17.7 Å². The molecule has 0 bridgehead atoms. The Morgan fingerprint density at radius 1 is 1.33 bits per heavy atom. The molecule has 0 aliphatic carbocycles. The lowest BCUT2D eigenvalue weighted by molar-refractivity contribution is 0.423. The molecule has 15 heavy (non-hydrogen) atoms. The Kier molecular flexibility index (Phi) is 5.76. The highest BCUT2D eigenvalue weighted by Crippen LogP contribution is 2.25. The Balaban J connectivity index is 0.00000196. The highest BCUT2D eigenvalue weighted by Gasteiger charge is 2.18. The van der Waals surface area contributed by atoms with E-state index in [1.54, 1.807) is 0 Å². The lowest BCUT2D eigenvalue weighted by Gasteiger charge is -2.19. The Labute approximate surface area is 95.1 Å². The lowest BCUT2D eigenvalue weighted by atomic mass is 9.93. The van der Waals surface area contributed by atoms with E-state index >= 15 is 0 Å². The van der Waals surface area contributed by atoms with Gasteiger partial charge in [-0.1, -0.05) is 32.4 Å². The normalized spacial score (nSPS) is 14.2. The van der Waals surface area contributed by atoms with Crippen molar-refractivity contribution in [3.63, 3.8) is 0 Å². The van der Waals surface area contributed by atoms with Crippen molar-refractivity contribution >= 4 is 12.4 Å². The van der Waals surface area contributed by atoms with Crippen LogP contribution in [0.25, 0.3) is 0 Å². The SMILES string of the molecule is CCC(C)[C@H](N)c1cccc(F)c1F.Cl. The second-order valence-corrected chi connectivity index (χ2v) is 3.55. The van der Waals surface area contributed by atoms with Gasteiger partial charge in [0.15, 0.2) is 11.6 Å². The summed E-state index contributed by atoms with van der Waals surface area (Å²) in [6, 6.07) is 3.68. The van der Waals surface area contributed by atoms with Gasteiger partial charge in [0.05, 0.1) is 0 Å². The first-order valence-electron chi connectivity index (χ1n) is 4.77. The van der Waals surface area contributed by atoms with Crippen molar-refractivity contribution in [2.45, 2.75) is 26.3 Å². The summed E-state index contributed by atoms with van der Waals surface area (Å²) in [5.74, 6) is -1.51. The minimum absolute atomic E-state index is 0. The molecular weight excluding hydrogens is 220 g/mol. The topological polar surface area (TPSA) is 26.0 Å². The van der Waals surface area contributed by atoms with Gasteiger partial charge in [0, 0.05) is 11.6 Å². The number of hydrogen-bond acceptors (Lipinski definition) is 1. The van der Waals surface area contributed by atoms with Crippen LogP contribution in [-0.4, -0.2) is 0 Å². The zero-order valence-electron chi connectivity index (χ0n) is 8.84. The van der Waals surface area contributed by atoms with Crippen molar-refractivity contribution < 1.29 is 8.78 Å². The van der Waals surface area contributed by atoms with E-state index in [0.29, 0.717) is 0 Å². The molecule has 0 radical (unpaired) electrons. The molecule has 0 saturated carbocycles. The van der Waals surface area contributed by atoms with Gasteiger partial charge in [-0.15, -0.1) is 12.4 Å². The maximum Gasteiger partial charge on any atom is 0.163 e. The molecule has 0 spiro atoms. The summed E-state index contributed by atoms with van der Waals surface area (Å²) in [5, 5.41) is 0. The summed E-state index contributed by atoms with van der Waals surface area (Å²) in [6.45, 7) is 3.90. The molecule has 86 valence electrons. The number of hydrogen-bond donors (Lipinski definition) is 1. The van der Waals surface area contributed by atoms with E-state index in [1.165, 1.54) is 12.1 Å². The fourth-order valence-electron chi connectivity index (χ4n) is 1.34. The van der Waals surface area contributed by atoms with Crippen LogP contribution < -0.4 is 5.73 Å². The second-order valence-electron chi connectivity index (χ2n) is 3.55. The first kappa shape index (κ1) is 14.3. The maximum absolute atomic E-state index is 13.3. The monoisotopic (exact) mass is 235 g/mol. The zero-order valence-corrected chi connectivity index (χ0v) is 9.65. The predicted molar refractivity (Wildman–Crippen MR) is 60.0 cm³/mol. The minimum atomic E-state index is -0.832. The Morgan fingerprint density at radius 2 is 1.93 bits per heavy atom. The third-order valence-electron chi connectivity index (χ3n) is 2.60. The van der Waals surface area contributed by atoms with E-state index in [-0.39, 0.29) is 23.9 Å². The first-order chi connectivity index (χ1) is 6.57. The van der Waals surface area contributed by atoms with E-state index in [4.69, 9.17) is 5.73 Å². The molecule has 2 N–H and O–H groups in total. The fraction of sp³-hybridized carbons (Fsp3) is 0.455. The van der Waals surface area contributed by atoms with Gasteiger partial charge in [0.1, 0.15) is 0 Å². The second kappa shape index (κ2) is 6.03. The molecule has 1 rings (SSSR count). The van der Waals surface area contributed by atoms with Crippen LogP contribution in [0.5, 0.6) is 0 Å². The zero-order chi connectivity index (χ0) is 10.7. The van der Waals surface area contributed by atoms with E-state index in [0.717, 1.165) is 12.5 Å². The van der Waals surface area contributed by atoms with Crippen LogP contribution in [0.2, 0.25) is 0 Å². The molecule has 1 aromatic carbocycles. The largest absolute Gasteiger partial charge is 0.324 e. The third-order valence-corrected chi connectivity index (χ3v) is 2.60. The summed E-state index contributed by atoms with van der Waals surface area (Å²) in [6.07, 6.45) is 0.844. The van der Waals surface area contributed by atoms with Gasteiger partial charge in [0.25, 0.3) is 0 Å². The molecule has 2 atom stereocenters. The van der Waals surface area contributed by atoms with Crippen molar-refractivity contribution in [2.24, 2.45) is 11.7 Å². The van der Waals surface area contributed by atoms with Gasteiger partial charge in [0.2, 0.25) is 0 Å². The number of benzene rings is 1. The molecule has 4 heteroatoms. The van der Waals surface area contributed by atoms with Crippen LogP contribution in [0.15, 0.2) is 18.2 Å². The van der Waals surface area contributed by atoms with Crippen LogP contribution in [0.4, 0.5) is 8.78 Å². The molecular formula is C11H16ClF2N.